The van der Waals surface area contributed by atoms with Crippen molar-refractivity contribution in [2.24, 2.45) is 0 Å². The highest BCUT2D eigenvalue weighted by Crippen LogP contribution is 2.44. The summed E-state index contributed by atoms with van der Waals surface area (Å²) >= 11 is 0. The fraction of sp³-hybridized carbons (Fsp3) is 0.444. The maximum absolute atomic E-state index is 13.2. The highest BCUT2D eigenvalue weighted by Gasteiger charge is 2.45. The van der Waals surface area contributed by atoms with Gasteiger partial charge in [0.05, 0.1) is 6.54 Å². The number of carboxylic acids is 1. The number of nitrogens with zero attached hydrogens (tertiary/aromatic N) is 1. The van der Waals surface area contributed by atoms with E-state index in [-0.39, 0.29) is 25.0 Å². The van der Waals surface area contributed by atoms with E-state index in [9.17, 15) is 19.5 Å². The van der Waals surface area contributed by atoms with Crippen molar-refractivity contribution in [2.75, 3.05) is 26.8 Å². The van der Waals surface area contributed by atoms with E-state index >= 15 is 0 Å². The molecule has 4 rings (SSSR count). The molecule has 0 radical (unpaired) electrons. The van der Waals surface area contributed by atoms with Gasteiger partial charge in [0, 0.05) is 19.6 Å². The molecule has 0 aromatic heterocycles. The zero-order chi connectivity index (χ0) is 25.0. The number of carboxylic acid groups (broad SMARTS) is 1. The highest BCUT2D eigenvalue weighted by molar-refractivity contribution is 5.87. The van der Waals surface area contributed by atoms with Crippen LogP contribution in [0.15, 0.2) is 48.5 Å². The number of likely N-dealkylation sites (tertiary alicyclic amines) is 1. The van der Waals surface area contributed by atoms with E-state index in [0.29, 0.717) is 32.2 Å². The molecule has 0 bridgehead atoms. The molecule has 2 aromatic rings. The van der Waals surface area contributed by atoms with Crippen LogP contribution in [0.3, 0.4) is 0 Å². The summed E-state index contributed by atoms with van der Waals surface area (Å²) in [5, 5.41) is 12.4. The van der Waals surface area contributed by atoms with Gasteiger partial charge in [0.15, 0.2) is 5.60 Å². The molecule has 1 saturated heterocycles. The molecule has 2 amide bonds. The molecule has 186 valence electrons. The molecule has 1 fully saturated rings. The predicted molar refractivity (Wildman–Crippen MR) is 130 cm³/mol. The number of alkyl carbamates (subject to hydrolysis) is 1. The molecule has 35 heavy (non-hydrogen) atoms. The van der Waals surface area contributed by atoms with Gasteiger partial charge in [-0.15, -0.1) is 0 Å². The lowest BCUT2D eigenvalue weighted by molar-refractivity contribution is -0.171. The van der Waals surface area contributed by atoms with Gasteiger partial charge < -0.3 is 24.8 Å². The summed E-state index contributed by atoms with van der Waals surface area (Å²) in [6.07, 6.45) is 1.28. The Morgan fingerprint density at radius 3 is 2.31 bits per heavy atom. The van der Waals surface area contributed by atoms with E-state index in [1.54, 1.807) is 0 Å². The molecule has 1 aliphatic carbocycles. The van der Waals surface area contributed by atoms with E-state index in [4.69, 9.17) is 9.47 Å². The molecule has 0 saturated carbocycles. The summed E-state index contributed by atoms with van der Waals surface area (Å²) in [4.78, 5) is 39.3. The van der Waals surface area contributed by atoms with Crippen LogP contribution in [-0.2, 0) is 19.1 Å². The number of aliphatic carboxylic acids is 1. The average Bonchev–Trinajstić information content (AvgIpc) is 3.20. The zero-order valence-corrected chi connectivity index (χ0v) is 20.2. The maximum Gasteiger partial charge on any atom is 0.407 e. The largest absolute Gasteiger partial charge is 0.479 e. The molecule has 0 spiro atoms. The van der Waals surface area contributed by atoms with Gasteiger partial charge in [0.25, 0.3) is 0 Å². The topological polar surface area (TPSA) is 105 Å². The van der Waals surface area contributed by atoms with Crippen LogP contribution in [0, 0.1) is 0 Å². The molecule has 1 aliphatic heterocycles. The average molecular weight is 481 g/mol. The maximum atomic E-state index is 13.2. The standard InChI is InChI=1S/C27H32N2O6/c1-3-9-23(24(30)29-15-8-14-27(17-29,34-2)25(31)32)28-26(33)35-16-22-20-12-6-4-10-18(20)19-11-5-7-13-21(19)22/h4-7,10-13,22-23H,3,8-9,14-17H2,1-2H3,(H,28,33)(H,31,32). The lowest BCUT2D eigenvalue weighted by Gasteiger charge is -2.40. The van der Waals surface area contributed by atoms with Crippen LogP contribution in [0.5, 0.6) is 0 Å². The highest BCUT2D eigenvalue weighted by atomic mass is 16.5. The van der Waals surface area contributed by atoms with Crippen molar-refractivity contribution >= 4 is 18.0 Å². The van der Waals surface area contributed by atoms with Gasteiger partial charge in [0.2, 0.25) is 5.91 Å². The Labute approximate surface area is 205 Å². The summed E-state index contributed by atoms with van der Waals surface area (Å²) in [6.45, 7) is 2.45. The van der Waals surface area contributed by atoms with Gasteiger partial charge in [-0.25, -0.2) is 9.59 Å². The molecule has 2 N–H and O–H groups in total. The summed E-state index contributed by atoms with van der Waals surface area (Å²) in [6, 6.07) is 15.4. The van der Waals surface area contributed by atoms with E-state index in [2.05, 4.69) is 17.4 Å². The first-order chi connectivity index (χ1) is 16.9. The molecule has 8 heteroatoms. The molecule has 2 atom stereocenters. The van der Waals surface area contributed by atoms with Crippen LogP contribution < -0.4 is 5.32 Å². The molecule has 1 heterocycles. The number of ether oxygens (including phenoxy) is 2. The molecule has 8 nitrogen and oxygen atoms in total. The predicted octanol–water partition coefficient (Wildman–Crippen LogP) is 3.79. The van der Waals surface area contributed by atoms with Crippen LogP contribution in [0.4, 0.5) is 4.79 Å². The van der Waals surface area contributed by atoms with E-state index < -0.39 is 23.7 Å². The Hall–Kier alpha value is -3.39. The third-order valence-electron chi connectivity index (χ3n) is 7.06. The van der Waals surface area contributed by atoms with Gasteiger partial charge in [-0.05, 0) is 41.5 Å². The second-order valence-electron chi connectivity index (χ2n) is 9.18. The number of nitrogens with one attached hydrogen (secondary N) is 1. The van der Waals surface area contributed by atoms with E-state index in [1.807, 2.05) is 43.3 Å². The van der Waals surface area contributed by atoms with Crippen molar-refractivity contribution in [1.82, 2.24) is 10.2 Å². The second kappa shape index (κ2) is 10.5. The van der Waals surface area contributed by atoms with Crippen LogP contribution in [-0.4, -0.2) is 66.4 Å². The van der Waals surface area contributed by atoms with Gasteiger partial charge >= 0.3 is 12.1 Å². The number of hydrogen-bond acceptors (Lipinski definition) is 5. The zero-order valence-electron chi connectivity index (χ0n) is 20.2. The third-order valence-corrected chi connectivity index (χ3v) is 7.06. The number of piperidine rings is 1. The molecule has 2 aliphatic rings. The van der Waals surface area contributed by atoms with Crippen molar-refractivity contribution in [3.8, 4) is 11.1 Å². The number of amides is 2. The van der Waals surface area contributed by atoms with Gasteiger partial charge in [-0.1, -0.05) is 61.9 Å². The van der Waals surface area contributed by atoms with Crippen molar-refractivity contribution < 1.29 is 29.0 Å². The Morgan fingerprint density at radius 2 is 1.74 bits per heavy atom. The second-order valence-corrected chi connectivity index (χ2v) is 9.18. The first kappa shape index (κ1) is 24.7. The minimum Gasteiger partial charge on any atom is -0.479 e. The monoisotopic (exact) mass is 480 g/mol. The first-order valence-corrected chi connectivity index (χ1v) is 12.1. The number of rotatable bonds is 8. The molecule has 2 unspecified atom stereocenters. The van der Waals surface area contributed by atoms with Gasteiger partial charge in [-0.2, -0.15) is 0 Å². The van der Waals surface area contributed by atoms with E-state index in [1.165, 1.54) is 12.0 Å². The van der Waals surface area contributed by atoms with Crippen LogP contribution in [0.1, 0.15) is 49.7 Å². The summed E-state index contributed by atoms with van der Waals surface area (Å²) in [7, 11) is 1.35. The SMILES string of the molecule is CCCC(NC(=O)OCC1c2ccccc2-c2ccccc21)C(=O)N1CCCC(OC)(C(=O)O)C1. The quantitative estimate of drug-likeness (QED) is 0.596. The number of fused-ring (bicyclic) bond motifs is 3. The minimum absolute atomic E-state index is 0.0513. The fourth-order valence-corrected chi connectivity index (χ4v) is 5.19. The van der Waals surface area contributed by atoms with E-state index in [0.717, 1.165) is 22.3 Å². The third kappa shape index (κ3) is 4.89. The van der Waals surface area contributed by atoms with Crippen LogP contribution in [0.25, 0.3) is 11.1 Å². The number of methoxy groups -OCH3 is 1. The molecule has 2 aromatic carbocycles. The first-order valence-electron chi connectivity index (χ1n) is 12.1. The van der Waals surface area contributed by atoms with Crippen molar-refractivity contribution in [1.29, 1.82) is 0 Å². The summed E-state index contributed by atoms with van der Waals surface area (Å²) in [5.41, 5.74) is 3.08. The Morgan fingerprint density at radius 1 is 1.11 bits per heavy atom. The number of carbonyl (C=O) groups excluding carboxylic acids is 2. The van der Waals surface area contributed by atoms with Crippen molar-refractivity contribution in [2.45, 2.75) is 50.2 Å². The minimum atomic E-state index is -1.42. The van der Waals surface area contributed by atoms with Crippen LogP contribution in [0.2, 0.25) is 0 Å². The van der Waals surface area contributed by atoms with Gasteiger partial charge in [-0.3, -0.25) is 4.79 Å². The van der Waals surface area contributed by atoms with Crippen molar-refractivity contribution in [3.05, 3.63) is 59.7 Å². The lowest BCUT2D eigenvalue weighted by atomic mass is 9.92. The summed E-state index contributed by atoms with van der Waals surface area (Å²) < 4.78 is 10.9. The Kier molecular flexibility index (Phi) is 7.40. The summed E-state index contributed by atoms with van der Waals surface area (Å²) in [5.74, 6) is -1.48. The molecular formula is C27H32N2O6. The molecular weight excluding hydrogens is 448 g/mol. The smallest absolute Gasteiger partial charge is 0.407 e. The van der Waals surface area contributed by atoms with Crippen molar-refractivity contribution in [3.63, 3.8) is 0 Å². The Bertz CT molecular complexity index is 1060. The lowest BCUT2D eigenvalue weighted by Crippen LogP contribution is -2.59. The number of benzene rings is 2. The fourth-order valence-electron chi connectivity index (χ4n) is 5.19. The Balaban J connectivity index is 1.42. The van der Waals surface area contributed by atoms with Gasteiger partial charge in [0.1, 0.15) is 12.6 Å². The van der Waals surface area contributed by atoms with Crippen LogP contribution >= 0.6 is 0 Å². The number of carbonyl (C=O) groups is 3. The number of hydrogen-bond donors (Lipinski definition) is 2. The normalized spacial score (nSPS) is 20.0.